The second kappa shape index (κ2) is 3.69. The first-order chi connectivity index (χ1) is 6.88. The number of nitrogens with one attached hydrogen (secondary N) is 1. The first kappa shape index (κ1) is 9.49. The van der Waals surface area contributed by atoms with Gasteiger partial charge in [0.1, 0.15) is 5.72 Å². The van der Waals surface area contributed by atoms with E-state index in [0.717, 1.165) is 18.6 Å². The highest BCUT2D eigenvalue weighted by Gasteiger charge is 2.42. The van der Waals surface area contributed by atoms with Crippen molar-refractivity contribution in [1.82, 2.24) is 5.32 Å². The van der Waals surface area contributed by atoms with E-state index in [4.69, 9.17) is 4.74 Å². The Labute approximate surface area is 90.2 Å². The van der Waals surface area contributed by atoms with Crippen LogP contribution in [0, 0.1) is 5.92 Å². The monoisotopic (exact) mass is 213 g/mol. The predicted octanol–water partition coefficient (Wildman–Crippen LogP) is 2.00. The average molecular weight is 213 g/mol. The zero-order chi connectivity index (χ0) is 9.43. The molecule has 2 aliphatic heterocycles. The van der Waals surface area contributed by atoms with Gasteiger partial charge in [-0.1, -0.05) is 0 Å². The van der Waals surface area contributed by atoms with Crippen LogP contribution in [0.2, 0.25) is 0 Å². The van der Waals surface area contributed by atoms with Gasteiger partial charge in [0.2, 0.25) is 0 Å². The Morgan fingerprint density at radius 2 is 1.93 bits per heavy atom. The molecule has 1 N–H and O–H groups in total. The van der Waals surface area contributed by atoms with Gasteiger partial charge in [-0.3, -0.25) is 5.32 Å². The fourth-order valence-electron chi connectivity index (χ4n) is 2.67. The summed E-state index contributed by atoms with van der Waals surface area (Å²) >= 11 is 2.07. The summed E-state index contributed by atoms with van der Waals surface area (Å²) in [5, 5.41) is 3.80. The molecule has 2 saturated heterocycles. The van der Waals surface area contributed by atoms with E-state index in [1.165, 1.54) is 43.6 Å². The molecule has 1 atom stereocenters. The van der Waals surface area contributed by atoms with Crippen LogP contribution in [0.3, 0.4) is 0 Å². The summed E-state index contributed by atoms with van der Waals surface area (Å²) in [4.78, 5) is 0. The molecule has 0 aromatic carbocycles. The fraction of sp³-hybridized carbons (Fsp3) is 1.00. The van der Waals surface area contributed by atoms with Crippen molar-refractivity contribution in [3.63, 3.8) is 0 Å². The third-order valence-corrected chi connectivity index (χ3v) is 4.73. The van der Waals surface area contributed by atoms with E-state index < -0.39 is 0 Å². The van der Waals surface area contributed by atoms with Crippen molar-refractivity contribution in [2.24, 2.45) is 5.92 Å². The Kier molecular flexibility index (Phi) is 2.50. The van der Waals surface area contributed by atoms with Gasteiger partial charge < -0.3 is 4.74 Å². The maximum atomic E-state index is 5.99. The number of hydrogen-bond acceptors (Lipinski definition) is 3. The molecule has 1 spiro atoms. The SMILES string of the molecule is C1CC(C2CC2)NC2(CCSCC2)O1. The lowest BCUT2D eigenvalue weighted by Crippen LogP contribution is -2.58. The molecular weight excluding hydrogens is 194 g/mol. The molecule has 3 rings (SSSR count). The summed E-state index contributed by atoms with van der Waals surface area (Å²) in [5.74, 6) is 3.51. The fourth-order valence-corrected chi connectivity index (χ4v) is 3.83. The van der Waals surface area contributed by atoms with Gasteiger partial charge in [-0.05, 0) is 49.5 Å². The molecule has 0 bridgehead atoms. The van der Waals surface area contributed by atoms with Crippen molar-refractivity contribution < 1.29 is 4.74 Å². The molecule has 3 aliphatic rings. The summed E-state index contributed by atoms with van der Waals surface area (Å²) in [5.41, 5.74) is 0.0801. The highest BCUT2D eigenvalue weighted by Crippen LogP contribution is 2.39. The molecule has 2 heterocycles. The van der Waals surface area contributed by atoms with Gasteiger partial charge in [-0.15, -0.1) is 0 Å². The maximum Gasteiger partial charge on any atom is 0.121 e. The van der Waals surface area contributed by atoms with Crippen molar-refractivity contribution in [1.29, 1.82) is 0 Å². The molecule has 80 valence electrons. The molecule has 0 aromatic rings. The van der Waals surface area contributed by atoms with Crippen LogP contribution < -0.4 is 5.32 Å². The molecule has 0 aromatic heterocycles. The lowest BCUT2D eigenvalue weighted by atomic mass is 9.99. The van der Waals surface area contributed by atoms with Crippen molar-refractivity contribution in [3.05, 3.63) is 0 Å². The van der Waals surface area contributed by atoms with E-state index in [1.807, 2.05) is 0 Å². The second-order valence-electron chi connectivity index (χ2n) is 4.83. The van der Waals surface area contributed by atoms with E-state index >= 15 is 0 Å². The van der Waals surface area contributed by atoms with Gasteiger partial charge in [0.15, 0.2) is 0 Å². The number of thioether (sulfide) groups is 1. The Morgan fingerprint density at radius 3 is 2.64 bits per heavy atom. The molecule has 3 heteroatoms. The smallest absolute Gasteiger partial charge is 0.121 e. The standard InChI is InChI=1S/C11H19NOS/c1-2-9(1)10-3-6-13-11(12-10)4-7-14-8-5-11/h9-10,12H,1-8H2. The van der Waals surface area contributed by atoms with Crippen LogP contribution in [0.4, 0.5) is 0 Å². The Morgan fingerprint density at radius 1 is 1.14 bits per heavy atom. The van der Waals surface area contributed by atoms with Crippen LogP contribution in [-0.4, -0.2) is 29.9 Å². The third-order valence-electron chi connectivity index (χ3n) is 3.75. The molecule has 1 unspecified atom stereocenters. The van der Waals surface area contributed by atoms with Crippen LogP contribution in [0.25, 0.3) is 0 Å². The minimum atomic E-state index is 0.0801. The van der Waals surface area contributed by atoms with E-state index in [9.17, 15) is 0 Å². The highest BCUT2D eigenvalue weighted by molar-refractivity contribution is 7.99. The zero-order valence-electron chi connectivity index (χ0n) is 8.63. The van der Waals surface area contributed by atoms with E-state index in [-0.39, 0.29) is 5.72 Å². The first-order valence-corrected chi connectivity index (χ1v) is 7.03. The molecule has 0 amide bonds. The second-order valence-corrected chi connectivity index (χ2v) is 6.06. The van der Waals surface area contributed by atoms with Gasteiger partial charge in [0.05, 0.1) is 6.61 Å². The Hall–Kier alpha value is 0.270. The topological polar surface area (TPSA) is 21.3 Å². The molecule has 3 fully saturated rings. The zero-order valence-corrected chi connectivity index (χ0v) is 9.44. The molecule has 0 radical (unpaired) electrons. The lowest BCUT2D eigenvalue weighted by Gasteiger charge is -2.44. The predicted molar refractivity (Wildman–Crippen MR) is 59.5 cm³/mol. The minimum absolute atomic E-state index is 0.0801. The normalized spacial score (nSPS) is 37.3. The van der Waals surface area contributed by atoms with Crippen LogP contribution >= 0.6 is 11.8 Å². The maximum absolute atomic E-state index is 5.99. The average Bonchev–Trinajstić information content (AvgIpc) is 3.02. The number of hydrogen-bond donors (Lipinski definition) is 1. The van der Waals surface area contributed by atoms with Gasteiger partial charge in [-0.2, -0.15) is 11.8 Å². The number of rotatable bonds is 1. The van der Waals surface area contributed by atoms with Crippen molar-refractivity contribution in [2.45, 2.75) is 43.9 Å². The summed E-state index contributed by atoms with van der Waals surface area (Å²) in [6.45, 7) is 0.985. The summed E-state index contributed by atoms with van der Waals surface area (Å²) in [6.07, 6.45) is 6.55. The third kappa shape index (κ3) is 1.82. The molecule has 1 aliphatic carbocycles. The quantitative estimate of drug-likeness (QED) is 0.720. The van der Waals surface area contributed by atoms with Crippen molar-refractivity contribution in [2.75, 3.05) is 18.1 Å². The van der Waals surface area contributed by atoms with Gasteiger partial charge in [-0.25, -0.2) is 0 Å². The van der Waals surface area contributed by atoms with Crippen LogP contribution in [0.1, 0.15) is 32.1 Å². The van der Waals surface area contributed by atoms with E-state index in [1.54, 1.807) is 0 Å². The highest BCUT2D eigenvalue weighted by atomic mass is 32.2. The summed E-state index contributed by atoms with van der Waals surface area (Å²) < 4.78 is 5.99. The summed E-state index contributed by atoms with van der Waals surface area (Å²) in [7, 11) is 0. The van der Waals surface area contributed by atoms with E-state index in [2.05, 4.69) is 17.1 Å². The molecule has 14 heavy (non-hydrogen) atoms. The van der Waals surface area contributed by atoms with E-state index in [0.29, 0.717) is 0 Å². The van der Waals surface area contributed by atoms with Gasteiger partial charge >= 0.3 is 0 Å². The van der Waals surface area contributed by atoms with Crippen LogP contribution in [0.5, 0.6) is 0 Å². The largest absolute Gasteiger partial charge is 0.361 e. The van der Waals surface area contributed by atoms with Gasteiger partial charge in [0, 0.05) is 6.04 Å². The molecular formula is C11H19NOS. The van der Waals surface area contributed by atoms with Crippen LogP contribution in [0.15, 0.2) is 0 Å². The molecule has 2 nitrogen and oxygen atoms in total. The number of ether oxygens (including phenoxy) is 1. The molecule has 1 saturated carbocycles. The lowest BCUT2D eigenvalue weighted by molar-refractivity contribution is -0.117. The minimum Gasteiger partial charge on any atom is -0.361 e. The first-order valence-electron chi connectivity index (χ1n) is 5.87. The van der Waals surface area contributed by atoms with Crippen LogP contribution in [-0.2, 0) is 4.74 Å². The Balaban J connectivity index is 1.66. The van der Waals surface area contributed by atoms with Crippen molar-refractivity contribution >= 4 is 11.8 Å². The van der Waals surface area contributed by atoms with Crippen molar-refractivity contribution in [3.8, 4) is 0 Å². The Bertz CT molecular complexity index is 206. The van der Waals surface area contributed by atoms with Gasteiger partial charge in [0.25, 0.3) is 0 Å². The summed E-state index contributed by atoms with van der Waals surface area (Å²) in [6, 6.07) is 0.770.